The van der Waals surface area contributed by atoms with Crippen LogP contribution in [0.5, 0.6) is 5.75 Å². The summed E-state index contributed by atoms with van der Waals surface area (Å²) >= 11 is 0. The number of phenolic OH excluding ortho intramolecular Hbond substituents is 1. The minimum atomic E-state index is -1.30. The van der Waals surface area contributed by atoms with Crippen molar-refractivity contribution in [3.63, 3.8) is 0 Å². The summed E-state index contributed by atoms with van der Waals surface area (Å²) in [5.41, 5.74) is -0.145. The molecule has 2 rings (SSSR count). The van der Waals surface area contributed by atoms with E-state index in [2.05, 4.69) is 5.32 Å². The minimum absolute atomic E-state index is 0.226. The van der Waals surface area contributed by atoms with Crippen molar-refractivity contribution in [3.8, 4) is 11.8 Å². The maximum atomic E-state index is 12.1. The Hall–Kier alpha value is -3.70. The average Bonchev–Trinajstić information content (AvgIpc) is 2.60. The summed E-state index contributed by atoms with van der Waals surface area (Å²) in [6.07, 6.45) is -0.146. The van der Waals surface area contributed by atoms with Crippen molar-refractivity contribution in [2.24, 2.45) is 0 Å². The number of benzene rings is 2. The predicted molar refractivity (Wildman–Crippen MR) is 87.9 cm³/mol. The fourth-order valence-corrected chi connectivity index (χ4v) is 2.02. The molecule has 0 aliphatic rings. The number of nitrogens with zero attached hydrogens (tertiary/aromatic N) is 2. The molecule has 0 fully saturated rings. The van der Waals surface area contributed by atoms with E-state index in [-0.39, 0.29) is 11.1 Å². The molecule has 0 unspecified atom stereocenters. The quantitative estimate of drug-likeness (QED) is 0.250. The monoisotopic (exact) mass is 339 g/mol. The van der Waals surface area contributed by atoms with E-state index in [0.717, 1.165) is 18.2 Å². The van der Waals surface area contributed by atoms with Crippen molar-refractivity contribution in [1.82, 2.24) is 5.32 Å². The van der Waals surface area contributed by atoms with Gasteiger partial charge in [0.05, 0.1) is 4.92 Å². The summed E-state index contributed by atoms with van der Waals surface area (Å²) in [6.45, 7) is 0. The van der Waals surface area contributed by atoms with Crippen LogP contribution in [-0.4, -0.2) is 21.0 Å². The van der Waals surface area contributed by atoms with E-state index in [1.807, 2.05) is 0 Å². The third-order valence-corrected chi connectivity index (χ3v) is 3.26. The van der Waals surface area contributed by atoms with Crippen LogP contribution < -0.4 is 5.32 Å². The zero-order valence-electron chi connectivity index (χ0n) is 12.8. The summed E-state index contributed by atoms with van der Waals surface area (Å²) in [7, 11) is 0. The van der Waals surface area contributed by atoms with E-state index in [4.69, 9.17) is 5.26 Å². The highest BCUT2D eigenvalue weighted by Crippen LogP contribution is 2.27. The van der Waals surface area contributed by atoms with Gasteiger partial charge in [-0.15, -0.1) is 0 Å². The van der Waals surface area contributed by atoms with Gasteiger partial charge in [0.2, 0.25) is 0 Å². The number of hydrogen-bond donors (Lipinski definition) is 3. The number of nitro groups is 1. The first-order valence-electron chi connectivity index (χ1n) is 7.05. The second-order valence-electron chi connectivity index (χ2n) is 4.96. The summed E-state index contributed by atoms with van der Waals surface area (Å²) in [6, 6.07) is 13.4. The van der Waals surface area contributed by atoms with E-state index in [1.54, 1.807) is 36.4 Å². The van der Waals surface area contributed by atoms with Gasteiger partial charge in [0.25, 0.3) is 5.91 Å². The molecule has 0 aromatic heterocycles. The maximum absolute atomic E-state index is 12.1. The molecule has 2 aromatic carbocycles. The van der Waals surface area contributed by atoms with Crippen LogP contribution in [0.1, 0.15) is 17.4 Å². The third-order valence-electron chi connectivity index (χ3n) is 3.26. The molecular weight excluding hydrogens is 326 g/mol. The topological polar surface area (TPSA) is 136 Å². The number of amides is 1. The van der Waals surface area contributed by atoms with E-state index in [1.165, 1.54) is 6.07 Å². The Bertz CT molecular complexity index is 872. The van der Waals surface area contributed by atoms with Gasteiger partial charge in [-0.05, 0) is 23.8 Å². The van der Waals surface area contributed by atoms with Crippen molar-refractivity contribution in [3.05, 3.63) is 75.3 Å². The molecule has 0 aliphatic heterocycles. The Morgan fingerprint density at radius 3 is 2.52 bits per heavy atom. The molecule has 0 aliphatic carbocycles. The SMILES string of the molecule is N#C/C(=C\c1ccc([N+](=O)[O-])c(O)c1)C(=O)N[C@@H](O)c1ccccc1. The van der Waals surface area contributed by atoms with E-state index >= 15 is 0 Å². The summed E-state index contributed by atoms with van der Waals surface area (Å²) in [4.78, 5) is 22.0. The van der Waals surface area contributed by atoms with Crippen molar-refractivity contribution >= 4 is 17.7 Å². The van der Waals surface area contributed by atoms with Gasteiger partial charge in [-0.25, -0.2) is 0 Å². The smallest absolute Gasteiger partial charge is 0.310 e. The van der Waals surface area contributed by atoms with Crippen LogP contribution in [0, 0.1) is 21.4 Å². The van der Waals surface area contributed by atoms with Crippen LogP contribution >= 0.6 is 0 Å². The number of rotatable bonds is 5. The molecule has 0 saturated carbocycles. The molecule has 25 heavy (non-hydrogen) atoms. The Morgan fingerprint density at radius 2 is 1.96 bits per heavy atom. The highest BCUT2D eigenvalue weighted by atomic mass is 16.6. The normalized spacial score (nSPS) is 12.1. The summed E-state index contributed by atoms with van der Waals surface area (Å²) in [5.74, 6) is -1.41. The second-order valence-corrected chi connectivity index (χ2v) is 4.96. The number of nitriles is 1. The fraction of sp³-hybridized carbons (Fsp3) is 0.0588. The molecule has 8 heteroatoms. The number of hydrogen-bond acceptors (Lipinski definition) is 6. The van der Waals surface area contributed by atoms with Crippen LogP contribution in [0.2, 0.25) is 0 Å². The van der Waals surface area contributed by atoms with Crippen LogP contribution in [0.4, 0.5) is 5.69 Å². The summed E-state index contributed by atoms with van der Waals surface area (Å²) in [5, 5.41) is 41.6. The maximum Gasteiger partial charge on any atom is 0.310 e. The molecule has 1 amide bonds. The zero-order valence-corrected chi connectivity index (χ0v) is 12.8. The number of nitrogens with one attached hydrogen (secondary N) is 1. The largest absolute Gasteiger partial charge is 0.502 e. The van der Waals surface area contributed by atoms with Gasteiger partial charge in [-0.2, -0.15) is 5.26 Å². The molecule has 0 saturated heterocycles. The van der Waals surface area contributed by atoms with E-state index < -0.39 is 28.5 Å². The first kappa shape index (κ1) is 17.7. The molecule has 0 bridgehead atoms. The van der Waals surface area contributed by atoms with E-state index in [0.29, 0.717) is 5.56 Å². The fourth-order valence-electron chi connectivity index (χ4n) is 2.02. The number of carbonyl (C=O) groups excluding carboxylic acids is 1. The van der Waals surface area contributed by atoms with E-state index in [9.17, 15) is 25.1 Å². The second kappa shape index (κ2) is 7.72. The van der Waals surface area contributed by atoms with Gasteiger partial charge >= 0.3 is 5.69 Å². The average molecular weight is 339 g/mol. The predicted octanol–water partition coefficient (Wildman–Crippen LogP) is 2.01. The van der Waals surface area contributed by atoms with Gasteiger partial charge in [0.1, 0.15) is 11.6 Å². The van der Waals surface area contributed by atoms with Crippen LogP contribution in [0.25, 0.3) is 6.08 Å². The molecule has 8 nitrogen and oxygen atoms in total. The van der Waals surface area contributed by atoms with Gasteiger partial charge in [-0.3, -0.25) is 14.9 Å². The zero-order chi connectivity index (χ0) is 18.4. The van der Waals surface area contributed by atoms with Crippen LogP contribution in [0.3, 0.4) is 0 Å². The number of carbonyl (C=O) groups is 1. The number of phenols is 1. The molecule has 3 N–H and O–H groups in total. The highest BCUT2D eigenvalue weighted by molar-refractivity contribution is 6.01. The van der Waals surface area contributed by atoms with Gasteiger partial charge < -0.3 is 15.5 Å². The standard InChI is InChI=1S/C17H13N3O5/c18-10-13(8-11-6-7-14(20(24)25)15(21)9-11)17(23)19-16(22)12-4-2-1-3-5-12/h1-9,16,21-22H,(H,19,23)/b13-8+/t16-/m0/s1. The van der Waals surface area contributed by atoms with Gasteiger partial charge in [0, 0.05) is 11.6 Å². The first-order valence-corrected chi connectivity index (χ1v) is 7.05. The molecule has 2 aromatic rings. The van der Waals surface area contributed by atoms with Gasteiger partial charge in [0.15, 0.2) is 12.0 Å². The molecule has 0 spiro atoms. The Morgan fingerprint density at radius 1 is 1.28 bits per heavy atom. The lowest BCUT2D eigenvalue weighted by Gasteiger charge is -2.12. The van der Waals surface area contributed by atoms with Crippen LogP contribution in [-0.2, 0) is 4.79 Å². The van der Waals surface area contributed by atoms with Gasteiger partial charge in [-0.1, -0.05) is 30.3 Å². The molecule has 126 valence electrons. The number of aromatic hydroxyl groups is 1. The Labute approximate surface area is 142 Å². The lowest BCUT2D eigenvalue weighted by molar-refractivity contribution is -0.385. The van der Waals surface area contributed by atoms with Crippen LogP contribution in [0.15, 0.2) is 54.1 Å². The lowest BCUT2D eigenvalue weighted by atomic mass is 10.1. The number of nitro benzene ring substituents is 1. The van der Waals surface area contributed by atoms with Crippen molar-refractivity contribution in [2.45, 2.75) is 6.23 Å². The van der Waals surface area contributed by atoms with Crippen molar-refractivity contribution < 1.29 is 19.9 Å². The molecule has 0 heterocycles. The minimum Gasteiger partial charge on any atom is -0.502 e. The summed E-state index contributed by atoms with van der Waals surface area (Å²) < 4.78 is 0. The number of aliphatic hydroxyl groups is 1. The van der Waals surface area contributed by atoms with Crippen molar-refractivity contribution in [2.75, 3.05) is 0 Å². The number of aliphatic hydroxyl groups excluding tert-OH is 1. The third kappa shape index (κ3) is 4.40. The lowest BCUT2D eigenvalue weighted by Crippen LogP contribution is -2.29. The highest BCUT2D eigenvalue weighted by Gasteiger charge is 2.16. The molecule has 0 radical (unpaired) electrons. The van der Waals surface area contributed by atoms with Crippen molar-refractivity contribution in [1.29, 1.82) is 5.26 Å². The Balaban J connectivity index is 2.20. The molecule has 1 atom stereocenters. The Kier molecular flexibility index (Phi) is 5.45. The molecular formula is C17H13N3O5. The first-order chi connectivity index (χ1) is 11.9.